The van der Waals surface area contributed by atoms with E-state index in [4.69, 9.17) is 11.6 Å². The van der Waals surface area contributed by atoms with Gasteiger partial charge in [0.05, 0.1) is 19.1 Å². The highest BCUT2D eigenvalue weighted by atomic mass is 35.5. The molecule has 0 aliphatic heterocycles. The van der Waals surface area contributed by atoms with Crippen molar-refractivity contribution in [3.05, 3.63) is 64.9 Å². The number of hydrogen-bond donors (Lipinski definition) is 2. The predicted molar refractivity (Wildman–Crippen MR) is 101 cm³/mol. The van der Waals surface area contributed by atoms with Gasteiger partial charge >= 0.3 is 0 Å². The minimum absolute atomic E-state index is 0.0380. The van der Waals surface area contributed by atoms with Crippen LogP contribution in [0.15, 0.2) is 48.5 Å². The van der Waals surface area contributed by atoms with Crippen LogP contribution in [0.2, 0.25) is 5.02 Å². The third-order valence-electron chi connectivity index (χ3n) is 3.68. The zero-order chi connectivity index (χ0) is 19.1. The van der Waals surface area contributed by atoms with Crippen LogP contribution in [0.25, 0.3) is 0 Å². The SMILES string of the molecule is C[C@H](NC(=O)CN(C)CC(=O)Nc1ccc(F)cc1)c1cccc(Cl)c1. The first-order valence-corrected chi connectivity index (χ1v) is 8.50. The monoisotopic (exact) mass is 377 g/mol. The molecule has 1 atom stereocenters. The van der Waals surface area contributed by atoms with Crippen LogP contribution in [-0.2, 0) is 9.59 Å². The molecule has 2 aromatic rings. The number of hydrogen-bond acceptors (Lipinski definition) is 3. The summed E-state index contributed by atoms with van der Waals surface area (Å²) in [6, 6.07) is 12.6. The predicted octanol–water partition coefficient (Wildman–Crippen LogP) is 3.23. The Kier molecular flexibility index (Phi) is 7.12. The van der Waals surface area contributed by atoms with E-state index in [-0.39, 0.29) is 36.8 Å². The lowest BCUT2D eigenvalue weighted by atomic mass is 10.1. The van der Waals surface area contributed by atoms with Crippen molar-refractivity contribution in [3.63, 3.8) is 0 Å². The van der Waals surface area contributed by atoms with Gasteiger partial charge in [0.2, 0.25) is 11.8 Å². The number of rotatable bonds is 7. The van der Waals surface area contributed by atoms with E-state index in [0.29, 0.717) is 10.7 Å². The number of carbonyl (C=O) groups excluding carboxylic acids is 2. The number of carbonyl (C=O) groups is 2. The number of anilines is 1. The maximum atomic E-state index is 12.9. The third kappa shape index (κ3) is 6.46. The quantitative estimate of drug-likeness (QED) is 0.778. The van der Waals surface area contributed by atoms with Crippen LogP contribution in [0.4, 0.5) is 10.1 Å². The van der Waals surface area contributed by atoms with Crippen molar-refractivity contribution in [2.75, 3.05) is 25.5 Å². The number of likely N-dealkylation sites (N-methyl/N-ethyl adjacent to an activating group) is 1. The zero-order valence-corrected chi connectivity index (χ0v) is 15.4. The first-order valence-electron chi connectivity index (χ1n) is 8.12. The molecular formula is C19H21ClFN3O2. The van der Waals surface area contributed by atoms with Crippen LogP contribution in [0.1, 0.15) is 18.5 Å². The summed E-state index contributed by atoms with van der Waals surface area (Å²) in [6.07, 6.45) is 0. The molecule has 2 N–H and O–H groups in total. The molecular weight excluding hydrogens is 357 g/mol. The normalized spacial score (nSPS) is 11.9. The molecule has 0 unspecified atom stereocenters. The molecule has 2 rings (SSSR count). The Labute approximate surface area is 157 Å². The largest absolute Gasteiger partial charge is 0.348 e. The van der Waals surface area contributed by atoms with Crippen molar-refractivity contribution in [3.8, 4) is 0 Å². The molecule has 2 amide bonds. The van der Waals surface area contributed by atoms with Crippen molar-refractivity contribution in [2.45, 2.75) is 13.0 Å². The third-order valence-corrected chi connectivity index (χ3v) is 3.92. The Bertz CT molecular complexity index is 768. The van der Waals surface area contributed by atoms with Gasteiger partial charge in [-0.1, -0.05) is 23.7 Å². The minimum Gasteiger partial charge on any atom is -0.348 e. The molecule has 0 saturated carbocycles. The lowest BCUT2D eigenvalue weighted by Gasteiger charge is -2.19. The van der Waals surface area contributed by atoms with Gasteiger partial charge in [-0.25, -0.2) is 4.39 Å². The zero-order valence-electron chi connectivity index (χ0n) is 14.6. The van der Waals surface area contributed by atoms with Gasteiger partial charge in [0.25, 0.3) is 0 Å². The highest BCUT2D eigenvalue weighted by molar-refractivity contribution is 6.30. The molecule has 26 heavy (non-hydrogen) atoms. The molecule has 0 radical (unpaired) electrons. The summed E-state index contributed by atoms with van der Waals surface area (Å²) in [6.45, 7) is 1.98. The summed E-state index contributed by atoms with van der Waals surface area (Å²) < 4.78 is 12.9. The molecule has 138 valence electrons. The highest BCUT2D eigenvalue weighted by Crippen LogP contribution is 2.17. The van der Waals surface area contributed by atoms with Crippen molar-refractivity contribution in [1.82, 2.24) is 10.2 Å². The molecule has 0 aliphatic carbocycles. The molecule has 0 aromatic heterocycles. The van der Waals surface area contributed by atoms with Gasteiger partial charge in [-0.15, -0.1) is 0 Å². The summed E-state index contributed by atoms with van der Waals surface area (Å²) in [4.78, 5) is 25.7. The average molecular weight is 378 g/mol. The molecule has 7 heteroatoms. The number of amides is 2. The van der Waals surface area contributed by atoms with Gasteiger partial charge in [0.15, 0.2) is 0 Å². The molecule has 0 fully saturated rings. The van der Waals surface area contributed by atoms with E-state index in [1.165, 1.54) is 24.3 Å². The van der Waals surface area contributed by atoms with E-state index < -0.39 is 0 Å². The fraction of sp³-hybridized carbons (Fsp3) is 0.263. The fourth-order valence-electron chi connectivity index (χ4n) is 2.43. The van der Waals surface area contributed by atoms with Crippen molar-refractivity contribution in [2.24, 2.45) is 0 Å². The van der Waals surface area contributed by atoms with Crippen LogP contribution >= 0.6 is 11.6 Å². The molecule has 0 spiro atoms. The second-order valence-electron chi connectivity index (χ2n) is 6.07. The summed E-state index contributed by atoms with van der Waals surface area (Å²) >= 11 is 5.96. The van der Waals surface area contributed by atoms with Crippen LogP contribution in [0.5, 0.6) is 0 Å². The summed E-state index contributed by atoms with van der Waals surface area (Å²) in [5.74, 6) is -0.852. The molecule has 0 saturated heterocycles. The average Bonchev–Trinajstić information content (AvgIpc) is 2.56. The number of nitrogens with zero attached hydrogens (tertiary/aromatic N) is 1. The van der Waals surface area contributed by atoms with Gasteiger partial charge < -0.3 is 10.6 Å². The Morgan fingerprint density at radius 3 is 2.42 bits per heavy atom. The first-order chi connectivity index (χ1) is 12.3. The van der Waals surface area contributed by atoms with E-state index in [2.05, 4.69) is 10.6 Å². The van der Waals surface area contributed by atoms with E-state index in [0.717, 1.165) is 5.56 Å². The fourth-order valence-corrected chi connectivity index (χ4v) is 2.63. The summed E-state index contributed by atoms with van der Waals surface area (Å²) in [7, 11) is 1.67. The van der Waals surface area contributed by atoms with Crippen molar-refractivity contribution < 1.29 is 14.0 Å². The van der Waals surface area contributed by atoms with Gasteiger partial charge in [0.1, 0.15) is 5.82 Å². The van der Waals surface area contributed by atoms with E-state index in [1.807, 2.05) is 19.1 Å². The second-order valence-corrected chi connectivity index (χ2v) is 6.51. The standard InChI is InChI=1S/C19H21ClFN3O2/c1-13(14-4-3-5-15(20)10-14)22-18(25)11-24(2)12-19(26)23-17-8-6-16(21)7-9-17/h3-10,13H,11-12H2,1-2H3,(H,22,25)(H,23,26)/t13-/m0/s1. The van der Waals surface area contributed by atoms with Crippen LogP contribution < -0.4 is 10.6 Å². The molecule has 5 nitrogen and oxygen atoms in total. The number of benzene rings is 2. The van der Waals surface area contributed by atoms with E-state index >= 15 is 0 Å². The van der Waals surface area contributed by atoms with Crippen molar-refractivity contribution >= 4 is 29.1 Å². The van der Waals surface area contributed by atoms with Gasteiger partial charge in [-0.3, -0.25) is 14.5 Å². The lowest BCUT2D eigenvalue weighted by molar-refractivity contribution is -0.123. The molecule has 2 aromatic carbocycles. The smallest absolute Gasteiger partial charge is 0.238 e. The Morgan fingerprint density at radius 2 is 1.77 bits per heavy atom. The summed E-state index contributed by atoms with van der Waals surface area (Å²) in [5.41, 5.74) is 1.41. The topological polar surface area (TPSA) is 61.4 Å². The highest BCUT2D eigenvalue weighted by Gasteiger charge is 2.14. The van der Waals surface area contributed by atoms with E-state index in [1.54, 1.807) is 24.1 Å². The Morgan fingerprint density at radius 1 is 1.12 bits per heavy atom. The first kappa shape index (κ1) is 19.9. The van der Waals surface area contributed by atoms with Gasteiger partial charge in [-0.05, 0) is 55.9 Å². The van der Waals surface area contributed by atoms with Crippen LogP contribution in [0, 0.1) is 5.82 Å². The van der Waals surface area contributed by atoms with E-state index in [9.17, 15) is 14.0 Å². The Balaban J connectivity index is 1.79. The molecule has 0 aliphatic rings. The molecule has 0 bridgehead atoms. The lowest BCUT2D eigenvalue weighted by Crippen LogP contribution is -2.39. The maximum Gasteiger partial charge on any atom is 0.238 e. The van der Waals surface area contributed by atoms with Gasteiger partial charge in [0, 0.05) is 10.7 Å². The Hall–Kier alpha value is -2.44. The minimum atomic E-state index is -0.370. The number of nitrogens with one attached hydrogen (secondary N) is 2. The maximum absolute atomic E-state index is 12.9. The second kappa shape index (κ2) is 9.31. The molecule has 0 heterocycles. The van der Waals surface area contributed by atoms with Crippen LogP contribution in [-0.4, -0.2) is 36.9 Å². The van der Waals surface area contributed by atoms with Crippen LogP contribution in [0.3, 0.4) is 0 Å². The summed E-state index contributed by atoms with van der Waals surface area (Å²) in [5, 5.41) is 6.13. The van der Waals surface area contributed by atoms with Gasteiger partial charge in [-0.2, -0.15) is 0 Å². The number of halogens is 2. The van der Waals surface area contributed by atoms with Crippen molar-refractivity contribution in [1.29, 1.82) is 0 Å².